The smallest absolute Gasteiger partial charge is 0.375 e. The van der Waals surface area contributed by atoms with Crippen LogP contribution in [0.15, 0.2) is 28.7 Å². The number of aryl methyl sites for hydroxylation is 1. The van der Waals surface area contributed by atoms with Crippen molar-refractivity contribution in [1.82, 2.24) is 5.32 Å². The normalized spacial score (nSPS) is 17.0. The molecule has 0 saturated heterocycles. The number of carbonyl (C=O) groups is 2. The number of carbonyl (C=O) groups excluding carboxylic acids is 2. The van der Waals surface area contributed by atoms with Crippen LogP contribution in [0, 0.1) is 6.92 Å². The predicted octanol–water partition coefficient (Wildman–Crippen LogP) is 4.13. The molecule has 0 radical (unpaired) electrons. The third kappa shape index (κ3) is 4.03. The molecule has 1 saturated carbocycles. The lowest BCUT2D eigenvalue weighted by molar-refractivity contribution is -0.130. The van der Waals surface area contributed by atoms with Gasteiger partial charge >= 0.3 is 5.97 Å². The molecule has 2 aromatic rings. The van der Waals surface area contributed by atoms with Crippen molar-refractivity contribution in [2.24, 2.45) is 0 Å². The van der Waals surface area contributed by atoms with Gasteiger partial charge in [0.25, 0.3) is 5.91 Å². The molecule has 0 unspecified atom stereocenters. The highest BCUT2D eigenvalue weighted by Crippen LogP contribution is 2.25. The molecule has 1 aromatic carbocycles. The summed E-state index contributed by atoms with van der Waals surface area (Å²) in [7, 11) is 0. The fraction of sp³-hybridized carbons (Fsp3) is 0.500. The van der Waals surface area contributed by atoms with E-state index < -0.39 is 12.1 Å². The molecule has 1 aromatic heterocycles. The molecule has 1 aliphatic rings. The molecule has 1 heterocycles. The van der Waals surface area contributed by atoms with Gasteiger partial charge in [-0.25, -0.2) is 4.79 Å². The summed E-state index contributed by atoms with van der Waals surface area (Å²) >= 11 is 0. The monoisotopic (exact) mass is 343 g/mol. The summed E-state index contributed by atoms with van der Waals surface area (Å²) in [6.45, 7) is 3.42. The Bertz CT molecular complexity index is 756. The lowest BCUT2D eigenvalue weighted by Crippen LogP contribution is -2.41. The van der Waals surface area contributed by atoms with Gasteiger partial charge < -0.3 is 14.5 Å². The number of fused-ring (bicyclic) bond motifs is 1. The van der Waals surface area contributed by atoms with E-state index in [2.05, 4.69) is 5.32 Å². The topological polar surface area (TPSA) is 68.5 Å². The standard InChI is InChI=1S/C20H25NO4/c1-13-16-11-7-8-12-17(16)25-18(13)20(23)24-14(2)19(22)21-15-9-5-3-4-6-10-15/h7-8,11-12,14-15H,3-6,9-10H2,1-2H3,(H,21,22)/t14-/m1/s1. The largest absolute Gasteiger partial charge is 0.449 e. The Morgan fingerprint density at radius 3 is 2.52 bits per heavy atom. The second-order valence-corrected chi connectivity index (χ2v) is 6.80. The van der Waals surface area contributed by atoms with Crippen molar-refractivity contribution in [3.8, 4) is 0 Å². The first-order valence-electron chi connectivity index (χ1n) is 9.05. The number of nitrogens with one attached hydrogen (secondary N) is 1. The fourth-order valence-electron chi connectivity index (χ4n) is 3.38. The van der Waals surface area contributed by atoms with E-state index in [1.807, 2.05) is 25.1 Å². The zero-order valence-corrected chi connectivity index (χ0v) is 14.8. The van der Waals surface area contributed by atoms with E-state index in [9.17, 15) is 9.59 Å². The lowest BCUT2D eigenvalue weighted by atomic mass is 10.1. The van der Waals surface area contributed by atoms with Gasteiger partial charge in [-0.1, -0.05) is 43.9 Å². The number of para-hydroxylation sites is 1. The molecule has 5 heteroatoms. The molecule has 0 spiro atoms. The Morgan fingerprint density at radius 1 is 1.16 bits per heavy atom. The Balaban J connectivity index is 1.62. The molecule has 134 valence electrons. The molecule has 1 atom stereocenters. The number of benzene rings is 1. The highest BCUT2D eigenvalue weighted by atomic mass is 16.6. The summed E-state index contributed by atoms with van der Waals surface area (Å²) in [6.07, 6.45) is 5.87. The predicted molar refractivity (Wildman–Crippen MR) is 95.5 cm³/mol. The van der Waals surface area contributed by atoms with Gasteiger partial charge in [0.05, 0.1) is 0 Å². The molecule has 1 fully saturated rings. The van der Waals surface area contributed by atoms with Crippen molar-refractivity contribution in [2.45, 2.75) is 64.5 Å². The van der Waals surface area contributed by atoms with Crippen LogP contribution in [0.25, 0.3) is 11.0 Å². The molecule has 1 amide bonds. The quantitative estimate of drug-likeness (QED) is 0.669. The summed E-state index contributed by atoms with van der Waals surface area (Å²) in [5.74, 6) is -0.679. The zero-order chi connectivity index (χ0) is 17.8. The maximum atomic E-state index is 12.4. The highest BCUT2D eigenvalue weighted by molar-refractivity contribution is 5.97. The second kappa shape index (κ2) is 7.72. The van der Waals surface area contributed by atoms with E-state index in [0.717, 1.165) is 36.6 Å². The first-order chi connectivity index (χ1) is 12.1. The molecule has 1 aliphatic carbocycles. The summed E-state index contributed by atoms with van der Waals surface area (Å²) < 4.78 is 10.9. The minimum Gasteiger partial charge on any atom is -0.449 e. The van der Waals surface area contributed by atoms with Crippen LogP contribution in [0.2, 0.25) is 0 Å². The molecule has 3 rings (SSSR count). The van der Waals surface area contributed by atoms with Crippen LogP contribution in [0.1, 0.15) is 61.6 Å². The van der Waals surface area contributed by atoms with Crippen LogP contribution in [0.3, 0.4) is 0 Å². The van der Waals surface area contributed by atoms with Crippen LogP contribution in [0.4, 0.5) is 0 Å². The van der Waals surface area contributed by atoms with E-state index in [4.69, 9.17) is 9.15 Å². The van der Waals surface area contributed by atoms with Crippen LogP contribution in [-0.4, -0.2) is 24.0 Å². The summed E-state index contributed by atoms with van der Waals surface area (Å²) in [5, 5.41) is 3.89. The minimum atomic E-state index is -0.844. The first-order valence-corrected chi connectivity index (χ1v) is 9.05. The zero-order valence-electron chi connectivity index (χ0n) is 14.8. The van der Waals surface area contributed by atoms with Gasteiger partial charge in [0.2, 0.25) is 5.76 Å². The summed E-state index contributed by atoms with van der Waals surface area (Å²) in [4.78, 5) is 24.7. The number of hydrogen-bond acceptors (Lipinski definition) is 4. The summed E-state index contributed by atoms with van der Waals surface area (Å²) in [6, 6.07) is 7.63. The molecule has 1 N–H and O–H groups in total. The number of furan rings is 1. The van der Waals surface area contributed by atoms with E-state index >= 15 is 0 Å². The molecular formula is C20H25NO4. The second-order valence-electron chi connectivity index (χ2n) is 6.80. The maximum Gasteiger partial charge on any atom is 0.375 e. The number of amides is 1. The van der Waals surface area contributed by atoms with Crippen LogP contribution >= 0.6 is 0 Å². The molecule has 25 heavy (non-hydrogen) atoms. The van der Waals surface area contributed by atoms with Crippen molar-refractivity contribution in [2.75, 3.05) is 0 Å². The molecule has 0 aliphatic heterocycles. The number of ether oxygens (including phenoxy) is 1. The van der Waals surface area contributed by atoms with Gasteiger partial charge in [-0.05, 0) is 32.8 Å². The van der Waals surface area contributed by atoms with Gasteiger partial charge in [0.1, 0.15) is 5.58 Å². The van der Waals surface area contributed by atoms with E-state index in [0.29, 0.717) is 5.58 Å². The van der Waals surface area contributed by atoms with Crippen LogP contribution < -0.4 is 5.32 Å². The van der Waals surface area contributed by atoms with E-state index in [-0.39, 0.29) is 17.7 Å². The third-order valence-electron chi connectivity index (χ3n) is 4.88. The Kier molecular flexibility index (Phi) is 5.41. The minimum absolute atomic E-state index is 0.162. The van der Waals surface area contributed by atoms with Gasteiger partial charge in [0.15, 0.2) is 6.10 Å². The summed E-state index contributed by atoms with van der Waals surface area (Å²) in [5.41, 5.74) is 1.37. The Hall–Kier alpha value is -2.30. The molecule has 5 nitrogen and oxygen atoms in total. The lowest BCUT2D eigenvalue weighted by Gasteiger charge is -2.19. The van der Waals surface area contributed by atoms with Gasteiger partial charge in [-0.3, -0.25) is 4.79 Å². The fourth-order valence-corrected chi connectivity index (χ4v) is 3.38. The van der Waals surface area contributed by atoms with Gasteiger partial charge in [0, 0.05) is 17.0 Å². The van der Waals surface area contributed by atoms with Crippen molar-refractivity contribution in [3.05, 3.63) is 35.6 Å². The number of hydrogen-bond donors (Lipinski definition) is 1. The molecular weight excluding hydrogens is 318 g/mol. The average Bonchev–Trinajstić information content (AvgIpc) is 2.77. The van der Waals surface area contributed by atoms with Crippen molar-refractivity contribution in [3.63, 3.8) is 0 Å². The average molecular weight is 343 g/mol. The highest BCUT2D eigenvalue weighted by Gasteiger charge is 2.25. The van der Waals surface area contributed by atoms with E-state index in [1.165, 1.54) is 12.8 Å². The van der Waals surface area contributed by atoms with Gasteiger partial charge in [-0.15, -0.1) is 0 Å². The Labute approximate surface area is 147 Å². The van der Waals surface area contributed by atoms with Crippen molar-refractivity contribution < 1.29 is 18.7 Å². The number of esters is 1. The first kappa shape index (κ1) is 17.5. The van der Waals surface area contributed by atoms with Gasteiger partial charge in [-0.2, -0.15) is 0 Å². The van der Waals surface area contributed by atoms with Crippen molar-refractivity contribution >= 4 is 22.8 Å². The maximum absolute atomic E-state index is 12.4. The van der Waals surface area contributed by atoms with Crippen LogP contribution in [-0.2, 0) is 9.53 Å². The molecule has 0 bridgehead atoms. The number of rotatable bonds is 4. The Morgan fingerprint density at radius 2 is 1.84 bits per heavy atom. The third-order valence-corrected chi connectivity index (χ3v) is 4.88. The van der Waals surface area contributed by atoms with Crippen LogP contribution in [0.5, 0.6) is 0 Å². The SMILES string of the molecule is Cc1c(C(=O)O[C@H](C)C(=O)NC2CCCCCC2)oc2ccccc12. The van der Waals surface area contributed by atoms with Crippen molar-refractivity contribution in [1.29, 1.82) is 0 Å². The van der Waals surface area contributed by atoms with E-state index in [1.54, 1.807) is 13.0 Å².